The summed E-state index contributed by atoms with van der Waals surface area (Å²) in [4.78, 5) is 20.8. The van der Waals surface area contributed by atoms with Crippen LogP contribution in [0.15, 0.2) is 66.9 Å². The molecule has 2 heterocycles. The Morgan fingerprint density at radius 3 is 2.39 bits per heavy atom. The first-order valence-corrected chi connectivity index (χ1v) is 10.3. The number of rotatable bonds is 6. The lowest BCUT2D eigenvalue weighted by atomic mass is 10.1. The summed E-state index contributed by atoms with van der Waals surface area (Å²) < 4.78 is 5.24. The van der Waals surface area contributed by atoms with Crippen molar-refractivity contribution in [1.29, 1.82) is 0 Å². The van der Waals surface area contributed by atoms with E-state index in [1.54, 1.807) is 24.7 Å². The lowest BCUT2D eigenvalue weighted by Crippen LogP contribution is -2.46. The molecule has 0 spiro atoms. The molecule has 0 atom stereocenters. The third-order valence-electron chi connectivity index (χ3n) is 5.59. The molecule has 7 nitrogen and oxygen atoms in total. The predicted octanol–water partition coefficient (Wildman–Crippen LogP) is 3.20. The van der Waals surface area contributed by atoms with Gasteiger partial charge in [-0.25, -0.2) is 5.48 Å². The van der Waals surface area contributed by atoms with Crippen molar-refractivity contribution < 1.29 is 14.7 Å². The Morgan fingerprint density at radius 2 is 1.74 bits per heavy atom. The minimum absolute atomic E-state index is 0.446. The summed E-state index contributed by atoms with van der Waals surface area (Å²) in [5.41, 5.74) is 6.45. The van der Waals surface area contributed by atoms with Gasteiger partial charge in [-0.2, -0.15) is 0 Å². The molecule has 1 aliphatic heterocycles. The van der Waals surface area contributed by atoms with E-state index < -0.39 is 5.91 Å². The van der Waals surface area contributed by atoms with Crippen LogP contribution >= 0.6 is 0 Å². The summed E-state index contributed by atoms with van der Waals surface area (Å²) in [6, 6.07) is 19.5. The molecule has 0 aliphatic carbocycles. The van der Waals surface area contributed by atoms with Crippen molar-refractivity contribution in [2.75, 3.05) is 38.2 Å². The van der Waals surface area contributed by atoms with E-state index in [0.29, 0.717) is 5.56 Å². The second kappa shape index (κ2) is 9.59. The van der Waals surface area contributed by atoms with Crippen molar-refractivity contribution in [3.63, 3.8) is 0 Å². The Kier molecular flexibility index (Phi) is 6.45. The van der Waals surface area contributed by atoms with Crippen LogP contribution in [-0.4, -0.2) is 54.3 Å². The van der Waals surface area contributed by atoms with E-state index in [4.69, 9.17) is 9.94 Å². The number of piperazine rings is 1. The number of methoxy groups -OCH3 is 1. The SMILES string of the molecule is COc1ccc(-c2cc(N3CCN(Cc4ccc(C(=O)NO)cc4)CC3)ccn2)cc1. The lowest BCUT2D eigenvalue weighted by Gasteiger charge is -2.36. The molecule has 2 N–H and O–H groups in total. The van der Waals surface area contributed by atoms with Crippen LogP contribution in [0.2, 0.25) is 0 Å². The molecule has 1 saturated heterocycles. The molecule has 0 saturated carbocycles. The Labute approximate surface area is 181 Å². The Balaban J connectivity index is 1.36. The highest BCUT2D eigenvalue weighted by atomic mass is 16.5. The average Bonchev–Trinajstić information content (AvgIpc) is 2.84. The number of ether oxygens (including phenoxy) is 1. The van der Waals surface area contributed by atoms with E-state index in [1.807, 2.05) is 42.6 Å². The van der Waals surface area contributed by atoms with Crippen LogP contribution in [0.25, 0.3) is 11.3 Å². The van der Waals surface area contributed by atoms with Crippen molar-refractivity contribution in [2.45, 2.75) is 6.54 Å². The molecule has 1 amide bonds. The summed E-state index contributed by atoms with van der Waals surface area (Å²) in [7, 11) is 1.66. The number of amides is 1. The zero-order chi connectivity index (χ0) is 21.6. The number of pyridine rings is 1. The van der Waals surface area contributed by atoms with E-state index >= 15 is 0 Å². The monoisotopic (exact) mass is 418 g/mol. The maximum atomic E-state index is 11.4. The highest BCUT2D eigenvalue weighted by molar-refractivity contribution is 5.93. The number of aromatic nitrogens is 1. The number of carbonyl (C=O) groups excluding carboxylic acids is 1. The number of hydrogen-bond acceptors (Lipinski definition) is 6. The van der Waals surface area contributed by atoms with Gasteiger partial charge in [-0.1, -0.05) is 12.1 Å². The number of nitrogens with one attached hydrogen (secondary N) is 1. The van der Waals surface area contributed by atoms with Crippen LogP contribution in [0, 0.1) is 0 Å². The van der Waals surface area contributed by atoms with Crippen molar-refractivity contribution in [2.24, 2.45) is 0 Å². The summed E-state index contributed by atoms with van der Waals surface area (Å²) in [5, 5.41) is 8.72. The number of carbonyl (C=O) groups is 1. The summed E-state index contributed by atoms with van der Waals surface area (Å²) in [6.45, 7) is 4.63. The summed E-state index contributed by atoms with van der Waals surface area (Å²) in [6.07, 6.45) is 1.87. The van der Waals surface area contributed by atoms with Gasteiger partial charge in [0.2, 0.25) is 0 Å². The van der Waals surface area contributed by atoms with Crippen LogP contribution in [0.5, 0.6) is 5.75 Å². The van der Waals surface area contributed by atoms with Gasteiger partial charge >= 0.3 is 0 Å². The fourth-order valence-corrected chi connectivity index (χ4v) is 3.78. The molecule has 0 unspecified atom stereocenters. The lowest BCUT2D eigenvalue weighted by molar-refractivity contribution is 0.0706. The molecule has 1 aliphatic rings. The van der Waals surface area contributed by atoms with Crippen molar-refractivity contribution in [1.82, 2.24) is 15.4 Å². The molecule has 0 bridgehead atoms. The van der Waals surface area contributed by atoms with Crippen molar-refractivity contribution in [3.8, 4) is 17.0 Å². The molecule has 3 aromatic rings. The van der Waals surface area contributed by atoms with E-state index in [9.17, 15) is 4.79 Å². The van der Waals surface area contributed by atoms with Crippen molar-refractivity contribution in [3.05, 3.63) is 78.0 Å². The normalized spacial score (nSPS) is 14.3. The Morgan fingerprint density at radius 1 is 1.03 bits per heavy atom. The Bertz CT molecular complexity index is 1010. The number of nitrogens with zero attached hydrogens (tertiary/aromatic N) is 3. The fraction of sp³-hybridized carbons (Fsp3) is 0.250. The predicted molar refractivity (Wildman–Crippen MR) is 119 cm³/mol. The molecule has 31 heavy (non-hydrogen) atoms. The van der Waals surface area contributed by atoms with E-state index in [-0.39, 0.29) is 0 Å². The number of hydroxylamine groups is 1. The Hall–Kier alpha value is -3.42. The number of hydrogen-bond donors (Lipinski definition) is 2. The van der Waals surface area contributed by atoms with E-state index in [0.717, 1.165) is 55.3 Å². The van der Waals surface area contributed by atoms with Gasteiger partial charge in [0.15, 0.2) is 0 Å². The molecule has 4 rings (SSSR count). The van der Waals surface area contributed by atoms with E-state index in [2.05, 4.69) is 26.9 Å². The van der Waals surface area contributed by atoms with Crippen LogP contribution in [0.4, 0.5) is 5.69 Å². The van der Waals surface area contributed by atoms with Gasteiger partial charge in [-0.15, -0.1) is 0 Å². The second-order valence-electron chi connectivity index (χ2n) is 7.53. The topological polar surface area (TPSA) is 77.9 Å². The number of anilines is 1. The third-order valence-corrected chi connectivity index (χ3v) is 5.59. The van der Waals surface area contributed by atoms with Gasteiger partial charge < -0.3 is 9.64 Å². The van der Waals surface area contributed by atoms with Gasteiger partial charge in [0, 0.05) is 55.7 Å². The van der Waals surface area contributed by atoms with Gasteiger partial charge in [0.25, 0.3) is 5.91 Å². The molecule has 2 aromatic carbocycles. The minimum atomic E-state index is -0.494. The second-order valence-corrected chi connectivity index (χ2v) is 7.53. The molecule has 1 fully saturated rings. The molecule has 7 heteroatoms. The first kappa shape index (κ1) is 20.8. The fourth-order valence-electron chi connectivity index (χ4n) is 3.78. The highest BCUT2D eigenvalue weighted by Gasteiger charge is 2.18. The van der Waals surface area contributed by atoms with Crippen LogP contribution in [-0.2, 0) is 6.54 Å². The maximum Gasteiger partial charge on any atom is 0.274 e. The zero-order valence-electron chi connectivity index (χ0n) is 17.5. The molecule has 0 radical (unpaired) electrons. The first-order valence-electron chi connectivity index (χ1n) is 10.3. The standard InChI is InChI=1S/C24H26N4O3/c1-31-22-8-6-19(7-9-22)23-16-21(10-11-25-23)28-14-12-27(13-15-28)17-18-2-4-20(5-3-18)24(29)26-30/h2-11,16,30H,12-15,17H2,1H3,(H,26,29). The van der Waals surface area contributed by atoms with Crippen LogP contribution in [0.3, 0.4) is 0 Å². The van der Waals surface area contributed by atoms with Gasteiger partial charge in [-0.3, -0.25) is 19.9 Å². The van der Waals surface area contributed by atoms with Gasteiger partial charge in [0.1, 0.15) is 5.75 Å². The summed E-state index contributed by atoms with van der Waals surface area (Å²) >= 11 is 0. The smallest absolute Gasteiger partial charge is 0.274 e. The van der Waals surface area contributed by atoms with Gasteiger partial charge in [-0.05, 0) is 54.1 Å². The zero-order valence-corrected chi connectivity index (χ0v) is 17.5. The van der Waals surface area contributed by atoms with Crippen LogP contribution in [0.1, 0.15) is 15.9 Å². The third kappa shape index (κ3) is 5.02. The average molecular weight is 418 g/mol. The molecule has 160 valence electrons. The van der Waals surface area contributed by atoms with Crippen molar-refractivity contribution >= 4 is 11.6 Å². The molecular weight excluding hydrogens is 392 g/mol. The van der Waals surface area contributed by atoms with E-state index in [1.165, 1.54) is 5.69 Å². The maximum absolute atomic E-state index is 11.4. The number of benzene rings is 2. The first-order chi connectivity index (χ1) is 15.2. The van der Waals surface area contributed by atoms with Gasteiger partial charge in [0.05, 0.1) is 12.8 Å². The molecule has 1 aromatic heterocycles. The quantitative estimate of drug-likeness (QED) is 0.473. The van der Waals surface area contributed by atoms with Crippen LogP contribution < -0.4 is 15.1 Å². The molecular formula is C24H26N4O3. The summed E-state index contributed by atoms with van der Waals surface area (Å²) in [5.74, 6) is 0.342. The minimum Gasteiger partial charge on any atom is -0.497 e. The largest absolute Gasteiger partial charge is 0.497 e. The highest BCUT2D eigenvalue weighted by Crippen LogP contribution is 2.25.